The van der Waals surface area contributed by atoms with E-state index in [1.54, 1.807) is 17.0 Å². The van der Waals surface area contributed by atoms with Gasteiger partial charge in [-0.15, -0.1) is 0 Å². The van der Waals surface area contributed by atoms with E-state index in [-0.39, 0.29) is 52.5 Å². The Hall–Kier alpha value is -7.19. The number of nitrogens with one attached hydrogen (secondary N) is 4. The predicted octanol–water partition coefficient (Wildman–Crippen LogP) is 10.1. The van der Waals surface area contributed by atoms with Gasteiger partial charge >= 0.3 is 12.2 Å². The van der Waals surface area contributed by atoms with E-state index < -0.39 is 42.6 Å². The van der Waals surface area contributed by atoms with Gasteiger partial charge in [0.05, 0.1) is 20.3 Å². The first-order valence-electron chi connectivity index (χ1n) is 27.2. The van der Waals surface area contributed by atoms with Gasteiger partial charge in [0.1, 0.15) is 24.4 Å². The molecule has 4 fully saturated rings. The van der Waals surface area contributed by atoms with Crippen molar-refractivity contribution in [2.24, 2.45) is 11.8 Å². The monoisotopic (exact) mass is 1030 g/mol. The number of rotatable bonds is 13. The van der Waals surface area contributed by atoms with Crippen LogP contribution in [0.3, 0.4) is 0 Å². The highest BCUT2D eigenvalue weighted by atomic mass is 16.5. The highest BCUT2D eigenvalue weighted by Gasteiger charge is 2.54. The first kappa shape index (κ1) is 50.9. The molecule has 5 amide bonds. The van der Waals surface area contributed by atoms with E-state index in [0.717, 1.165) is 81.0 Å². The van der Waals surface area contributed by atoms with Crippen LogP contribution >= 0.6 is 0 Å². The van der Waals surface area contributed by atoms with E-state index in [4.69, 9.17) is 9.47 Å². The van der Waals surface area contributed by atoms with Crippen LogP contribution in [0.4, 0.5) is 21.0 Å². The van der Waals surface area contributed by atoms with Crippen LogP contribution in [-0.2, 0) is 47.5 Å². The SMILES string of the molecule is COC(=O)NC(C(=O)N1C2CCC(C2)C1C(=O)Nc1cccc(-c2c3c(c(-c4cccc(NC(O)C5C6CCC(C6)N5C(=O)C(NC(=O)OC)c5ccccc5)c4)c4c2C(C)(C)CC4)C(C)(C)CC3)c1)c1ccccc1. The molecule has 2 saturated carbocycles. The van der Waals surface area contributed by atoms with E-state index in [1.807, 2.05) is 77.7 Å². The van der Waals surface area contributed by atoms with Crippen LogP contribution < -0.4 is 21.3 Å². The summed E-state index contributed by atoms with van der Waals surface area (Å²) in [5.74, 6) is -0.740. The summed E-state index contributed by atoms with van der Waals surface area (Å²) < 4.78 is 9.87. The van der Waals surface area contributed by atoms with Gasteiger partial charge in [-0.05, 0) is 167 Å². The van der Waals surface area contributed by atoms with Gasteiger partial charge in [0, 0.05) is 23.5 Å². The van der Waals surface area contributed by atoms with Gasteiger partial charge in [-0.25, -0.2) is 9.59 Å². The number of likely N-dealkylation sites (tertiary alicyclic amines) is 2. The molecule has 6 aliphatic rings. The van der Waals surface area contributed by atoms with E-state index in [2.05, 4.69) is 73.2 Å². The molecule has 76 heavy (non-hydrogen) atoms. The summed E-state index contributed by atoms with van der Waals surface area (Å²) in [5, 5.41) is 24.5. The van der Waals surface area contributed by atoms with Crippen molar-refractivity contribution in [2.75, 3.05) is 24.9 Å². The molecule has 14 nitrogen and oxygen atoms in total. The van der Waals surface area contributed by atoms with Gasteiger partial charge in [0.2, 0.25) is 5.91 Å². The number of fused-ring (bicyclic) bond motifs is 6. The molecule has 5 N–H and O–H groups in total. The Bertz CT molecular complexity index is 3090. The first-order valence-corrected chi connectivity index (χ1v) is 27.2. The van der Waals surface area contributed by atoms with Crippen molar-refractivity contribution in [1.82, 2.24) is 20.4 Å². The van der Waals surface area contributed by atoms with Gasteiger partial charge in [-0.3, -0.25) is 14.4 Å². The molecule has 0 spiro atoms. The van der Waals surface area contributed by atoms with Crippen molar-refractivity contribution in [1.29, 1.82) is 0 Å². The first-order chi connectivity index (χ1) is 36.6. The molecule has 5 aromatic carbocycles. The molecule has 4 bridgehead atoms. The highest BCUT2D eigenvalue weighted by Crippen LogP contribution is 2.57. The number of alkyl carbamates (subject to hydrolysis) is 2. The largest absolute Gasteiger partial charge is 0.453 e. The van der Waals surface area contributed by atoms with E-state index in [1.165, 1.54) is 47.6 Å². The number of aliphatic hydroxyl groups excluding tert-OH is 1. The Morgan fingerprint density at radius 3 is 1.61 bits per heavy atom. The molecule has 0 radical (unpaired) electrons. The van der Waals surface area contributed by atoms with Crippen molar-refractivity contribution in [3.63, 3.8) is 0 Å². The third kappa shape index (κ3) is 9.05. The maximum Gasteiger partial charge on any atom is 0.407 e. The second-order valence-corrected chi connectivity index (χ2v) is 23.3. The Morgan fingerprint density at radius 2 is 1.07 bits per heavy atom. The van der Waals surface area contributed by atoms with Gasteiger partial charge in [-0.2, -0.15) is 0 Å². The molecule has 396 valence electrons. The minimum Gasteiger partial charge on any atom is -0.453 e. The molecule has 9 atom stereocenters. The predicted molar refractivity (Wildman–Crippen MR) is 291 cm³/mol. The summed E-state index contributed by atoms with van der Waals surface area (Å²) in [7, 11) is 2.55. The second-order valence-electron chi connectivity index (χ2n) is 23.3. The van der Waals surface area contributed by atoms with Crippen molar-refractivity contribution in [3.8, 4) is 22.3 Å². The van der Waals surface area contributed by atoms with E-state index in [9.17, 15) is 29.1 Å². The zero-order chi connectivity index (χ0) is 53.2. The number of aliphatic hydroxyl groups is 1. The lowest BCUT2D eigenvalue weighted by atomic mass is 9.73. The molecule has 0 aromatic heterocycles. The Kier molecular flexibility index (Phi) is 13.5. The van der Waals surface area contributed by atoms with Gasteiger partial charge < -0.3 is 45.6 Å². The standard InChI is InChI=1S/C62H70N6O8/c1-61(2)29-27-45-48(38-20-14-22-42(32-38)64-56(70)54-40-24-26-44(34-40)68(54)58(72)52(66-60(74)76-6)36-17-11-8-12-18-36)50-46(28-30-62(50,3)4)47(49(45)61)37-19-13-21-41(31-37)63-55(69)53-39-23-25-43(33-39)67(53)57(71)51(65-59(73)75-5)35-15-9-7-10-16-35/h7-22,31-32,39-40,43-44,51-55,63,69H,23-30,33-34H2,1-6H3,(H,64,70)(H,65,73)(H,66,74). The van der Waals surface area contributed by atoms with Gasteiger partial charge in [0.15, 0.2) is 0 Å². The van der Waals surface area contributed by atoms with Crippen LogP contribution in [0.15, 0.2) is 109 Å². The lowest BCUT2D eigenvalue weighted by Gasteiger charge is -2.40. The number of benzene rings is 5. The zero-order valence-electron chi connectivity index (χ0n) is 44.4. The number of anilines is 2. The van der Waals surface area contributed by atoms with Gasteiger partial charge in [-0.1, -0.05) is 113 Å². The summed E-state index contributed by atoms with van der Waals surface area (Å²) in [5.41, 5.74) is 12.2. The van der Waals surface area contributed by atoms with Crippen molar-refractivity contribution in [2.45, 2.75) is 145 Å². The van der Waals surface area contributed by atoms with Crippen LogP contribution in [0.5, 0.6) is 0 Å². The Morgan fingerprint density at radius 1 is 0.592 bits per heavy atom. The van der Waals surface area contributed by atoms with Crippen LogP contribution in [0.1, 0.15) is 125 Å². The molecule has 11 rings (SSSR count). The second kappa shape index (κ2) is 20.1. The molecule has 2 heterocycles. The Labute approximate surface area is 445 Å². The molecular weight excluding hydrogens is 957 g/mol. The Balaban J connectivity index is 0.899. The third-order valence-electron chi connectivity index (χ3n) is 17.9. The number of ether oxygens (including phenoxy) is 2. The smallest absolute Gasteiger partial charge is 0.407 e. The number of hydrogen-bond donors (Lipinski definition) is 5. The van der Waals surface area contributed by atoms with Crippen LogP contribution in [0, 0.1) is 11.8 Å². The molecule has 5 aromatic rings. The topological polar surface area (TPSA) is 179 Å². The zero-order valence-corrected chi connectivity index (χ0v) is 44.4. The van der Waals surface area contributed by atoms with Crippen molar-refractivity contribution < 1.29 is 38.6 Å². The molecule has 2 aliphatic heterocycles. The number of piperidine rings is 2. The minimum absolute atomic E-state index is 0.00277. The van der Waals surface area contributed by atoms with E-state index >= 15 is 0 Å². The minimum atomic E-state index is -1.08. The van der Waals surface area contributed by atoms with E-state index in [0.29, 0.717) is 16.8 Å². The summed E-state index contributed by atoms with van der Waals surface area (Å²) in [6.45, 7) is 9.35. The number of methoxy groups -OCH3 is 2. The van der Waals surface area contributed by atoms with Crippen molar-refractivity contribution in [3.05, 3.63) is 143 Å². The third-order valence-corrected chi connectivity index (χ3v) is 17.9. The van der Waals surface area contributed by atoms with Crippen LogP contribution in [-0.4, -0.2) is 89.4 Å². The quantitative estimate of drug-likeness (QED) is 0.0718. The molecule has 4 aliphatic carbocycles. The number of carbonyl (C=O) groups is 5. The maximum atomic E-state index is 14.7. The van der Waals surface area contributed by atoms with Crippen LogP contribution in [0.2, 0.25) is 0 Å². The fourth-order valence-electron chi connectivity index (χ4n) is 14.5. The fourth-order valence-corrected chi connectivity index (χ4v) is 14.5. The lowest BCUT2D eigenvalue weighted by molar-refractivity contribution is -0.142. The lowest BCUT2D eigenvalue weighted by Crippen LogP contribution is -2.56. The molecule has 14 heteroatoms. The average Bonchev–Trinajstić information content (AvgIpc) is 4.35. The van der Waals surface area contributed by atoms with Crippen molar-refractivity contribution >= 4 is 41.3 Å². The summed E-state index contributed by atoms with van der Waals surface area (Å²) >= 11 is 0. The summed E-state index contributed by atoms with van der Waals surface area (Å²) in [4.78, 5) is 72.6. The number of hydrogen-bond acceptors (Lipinski definition) is 9. The van der Waals surface area contributed by atoms with Crippen LogP contribution in [0.25, 0.3) is 22.3 Å². The molecule has 2 saturated heterocycles. The molecule has 9 unspecified atom stereocenters. The highest BCUT2D eigenvalue weighted by molar-refractivity contribution is 6.00. The average molecular weight is 1030 g/mol. The van der Waals surface area contributed by atoms with Gasteiger partial charge in [0.25, 0.3) is 11.8 Å². The number of nitrogens with zero attached hydrogens (tertiary/aromatic N) is 2. The maximum absolute atomic E-state index is 14.7. The molecular formula is C62H70N6O8. The fraction of sp³-hybridized carbons (Fsp3) is 0.435. The normalized spacial score (nSPS) is 24.2. The summed E-state index contributed by atoms with van der Waals surface area (Å²) in [6, 6.07) is 31.5. The summed E-state index contributed by atoms with van der Waals surface area (Å²) in [6.07, 6.45) is 6.09. The number of carbonyl (C=O) groups excluding carboxylic acids is 5. The number of amides is 5.